The molecule has 0 spiro atoms. The van der Waals surface area contributed by atoms with Crippen molar-refractivity contribution in [2.24, 2.45) is 5.41 Å². The molecule has 0 aliphatic rings. The Balaban J connectivity index is 2.34. The maximum atomic E-state index is 13.8. The van der Waals surface area contributed by atoms with E-state index in [1.54, 1.807) is 20.8 Å². The van der Waals surface area contributed by atoms with E-state index in [-0.39, 0.29) is 28.6 Å². The molecular formula is C42H52O5S2. The zero-order chi connectivity index (χ0) is 36.7. The van der Waals surface area contributed by atoms with E-state index in [1.807, 2.05) is 39.8 Å². The van der Waals surface area contributed by atoms with Crippen LogP contribution in [0.15, 0.2) is 80.2 Å². The third-order valence-corrected chi connectivity index (χ3v) is 12.0. The Morgan fingerprint density at radius 2 is 1.10 bits per heavy atom. The minimum absolute atomic E-state index is 0.00663. The molecular weight excluding hydrogens is 649 g/mol. The van der Waals surface area contributed by atoms with Crippen molar-refractivity contribution in [1.82, 2.24) is 0 Å². The molecule has 5 nitrogen and oxygen atoms in total. The van der Waals surface area contributed by atoms with Crippen molar-refractivity contribution in [3.8, 4) is 16.9 Å². The van der Waals surface area contributed by atoms with Crippen molar-refractivity contribution >= 4 is 27.0 Å². The molecule has 0 aliphatic carbocycles. The molecule has 7 heteroatoms. The summed E-state index contributed by atoms with van der Waals surface area (Å²) in [5.74, 6) is -0.198. The summed E-state index contributed by atoms with van der Waals surface area (Å²) >= 11 is 0. The maximum absolute atomic E-state index is 13.8. The first-order valence-corrected chi connectivity index (χ1v) is 19.7. The van der Waals surface area contributed by atoms with Crippen LogP contribution in [0.4, 0.5) is 0 Å². The minimum atomic E-state index is -4.99. The van der Waals surface area contributed by atoms with Crippen LogP contribution in [0.1, 0.15) is 119 Å². The van der Waals surface area contributed by atoms with E-state index in [0.717, 1.165) is 36.9 Å². The van der Waals surface area contributed by atoms with E-state index in [2.05, 4.69) is 90.1 Å². The molecule has 0 aliphatic heterocycles. The third-order valence-electron chi connectivity index (χ3n) is 8.78. The molecule has 0 saturated carbocycles. The van der Waals surface area contributed by atoms with Gasteiger partial charge in [0.05, 0.1) is 15.9 Å². The minimum Gasteiger partial charge on any atom is -0.744 e. The maximum Gasteiger partial charge on any atom is 0.316 e. The standard InChI is InChI=1S/C42H52O5S2/c1-24(2)34-35(25(3)4)39(48(32-18-14-27(7)15-19-32)33-20-16-28(8)17-21-33)37(40(49(44,45)46)36(34)26(5)6)31-22-29(9)38(30(10)23-31)47-41(43)42(11,12)13/h14-26H,1-13H3. The van der Waals surface area contributed by atoms with Gasteiger partial charge in [0.15, 0.2) is 14.7 Å². The topological polar surface area (TPSA) is 83.5 Å². The monoisotopic (exact) mass is 700 g/mol. The predicted octanol–water partition coefficient (Wildman–Crippen LogP) is 10.9. The van der Waals surface area contributed by atoms with Gasteiger partial charge in [-0.05, 0) is 130 Å². The molecule has 0 aromatic heterocycles. The number of hydrogen-bond acceptors (Lipinski definition) is 5. The summed E-state index contributed by atoms with van der Waals surface area (Å²) in [4.78, 5) is 15.7. The first-order chi connectivity index (χ1) is 22.6. The van der Waals surface area contributed by atoms with Gasteiger partial charge in [-0.3, -0.25) is 4.79 Å². The van der Waals surface area contributed by atoms with Crippen molar-refractivity contribution in [3.63, 3.8) is 0 Å². The van der Waals surface area contributed by atoms with Crippen LogP contribution in [0.25, 0.3) is 11.1 Å². The highest BCUT2D eigenvalue weighted by Crippen LogP contribution is 2.51. The van der Waals surface area contributed by atoms with Crippen molar-refractivity contribution < 1.29 is 22.5 Å². The summed E-state index contributed by atoms with van der Waals surface area (Å²) in [6.07, 6.45) is 0. The number of carbonyl (C=O) groups is 1. The molecule has 4 rings (SSSR count). The average Bonchev–Trinajstić information content (AvgIpc) is 2.98. The van der Waals surface area contributed by atoms with Crippen LogP contribution in [0.3, 0.4) is 0 Å². The lowest BCUT2D eigenvalue weighted by molar-refractivity contribution is -0.143. The highest BCUT2D eigenvalue weighted by molar-refractivity contribution is 7.97. The van der Waals surface area contributed by atoms with Gasteiger partial charge in [-0.15, -0.1) is 0 Å². The van der Waals surface area contributed by atoms with Crippen LogP contribution in [0, 0.1) is 33.1 Å². The molecule has 0 heterocycles. The second-order valence-electron chi connectivity index (χ2n) is 15.2. The molecule has 0 bridgehead atoms. The quantitative estimate of drug-likeness (QED) is 0.0751. The largest absolute Gasteiger partial charge is 0.744 e. The summed E-state index contributed by atoms with van der Waals surface area (Å²) in [5, 5.41) is 0. The number of esters is 1. The molecule has 0 N–H and O–H groups in total. The van der Waals surface area contributed by atoms with E-state index in [4.69, 9.17) is 4.74 Å². The Hall–Kier alpha value is -3.39. The van der Waals surface area contributed by atoms with Crippen molar-refractivity contribution in [1.29, 1.82) is 0 Å². The lowest BCUT2D eigenvalue weighted by atomic mass is 9.80. The molecule has 4 aromatic rings. The lowest BCUT2D eigenvalue weighted by Crippen LogP contribution is -2.26. The highest BCUT2D eigenvalue weighted by Gasteiger charge is 2.42. The lowest BCUT2D eigenvalue weighted by Gasteiger charge is -2.31. The van der Waals surface area contributed by atoms with Gasteiger partial charge in [0, 0.05) is 5.56 Å². The fourth-order valence-corrected chi connectivity index (χ4v) is 10.2. The predicted molar refractivity (Wildman–Crippen MR) is 201 cm³/mol. The molecule has 0 atom stereocenters. The number of carbonyl (C=O) groups excluding carboxylic acids is 1. The Morgan fingerprint density at radius 1 is 0.694 bits per heavy atom. The van der Waals surface area contributed by atoms with Gasteiger partial charge in [0.2, 0.25) is 0 Å². The highest BCUT2D eigenvalue weighted by atomic mass is 32.2. The van der Waals surface area contributed by atoms with E-state index in [9.17, 15) is 17.8 Å². The smallest absolute Gasteiger partial charge is 0.316 e. The zero-order valence-corrected chi connectivity index (χ0v) is 33.0. The van der Waals surface area contributed by atoms with Gasteiger partial charge in [-0.25, -0.2) is 8.42 Å². The summed E-state index contributed by atoms with van der Waals surface area (Å²) in [7, 11) is -5.79. The second-order valence-corrected chi connectivity index (χ2v) is 18.5. The molecule has 0 radical (unpaired) electrons. The van der Waals surface area contributed by atoms with Crippen LogP contribution < -0.4 is 4.74 Å². The Bertz CT molecular complexity index is 1890. The fourth-order valence-electron chi connectivity index (χ4n) is 6.49. The zero-order valence-electron chi connectivity index (χ0n) is 31.4. The van der Waals surface area contributed by atoms with E-state index < -0.39 is 26.4 Å². The van der Waals surface area contributed by atoms with Crippen molar-refractivity contribution in [2.75, 3.05) is 0 Å². The van der Waals surface area contributed by atoms with Gasteiger partial charge in [0.25, 0.3) is 0 Å². The number of hydrogen-bond donors (Lipinski definition) is 0. The van der Waals surface area contributed by atoms with Gasteiger partial charge >= 0.3 is 5.97 Å². The van der Waals surface area contributed by atoms with Gasteiger partial charge < -0.3 is 9.29 Å². The molecule has 4 aromatic carbocycles. The fraction of sp³-hybridized carbons (Fsp3) is 0.405. The van der Waals surface area contributed by atoms with Gasteiger partial charge in [-0.2, -0.15) is 0 Å². The van der Waals surface area contributed by atoms with E-state index >= 15 is 0 Å². The molecule has 49 heavy (non-hydrogen) atoms. The van der Waals surface area contributed by atoms with Gasteiger partial charge in [-0.1, -0.05) is 76.9 Å². The Labute approximate surface area is 297 Å². The summed E-state index contributed by atoms with van der Waals surface area (Å²) in [6.45, 7) is 25.7. The number of benzene rings is 4. The number of rotatable bonds is 9. The normalized spacial score (nSPS) is 12.4. The van der Waals surface area contributed by atoms with Crippen LogP contribution in [-0.2, 0) is 25.8 Å². The first kappa shape index (κ1) is 38.4. The van der Waals surface area contributed by atoms with Crippen molar-refractivity contribution in [2.45, 2.75) is 127 Å². The first-order valence-electron chi connectivity index (χ1n) is 17.1. The SMILES string of the molecule is Cc1ccc([S+](c2ccc(C)cc2)c2c(-c3cc(C)c(OC(=O)C(C)(C)C)c(C)c3)c(S(=O)(=O)[O-])c(C(C)C)c(C(C)C)c2C(C)C)cc1. The molecule has 0 unspecified atom stereocenters. The second kappa shape index (κ2) is 14.5. The summed E-state index contributed by atoms with van der Waals surface area (Å²) in [6, 6.07) is 20.6. The van der Waals surface area contributed by atoms with Crippen LogP contribution in [0.2, 0.25) is 0 Å². The Kier molecular flexibility index (Phi) is 11.3. The molecule has 0 amide bonds. The van der Waals surface area contributed by atoms with Crippen LogP contribution in [-0.4, -0.2) is 18.9 Å². The van der Waals surface area contributed by atoms with Gasteiger partial charge in [0.1, 0.15) is 26.8 Å². The number of aryl methyl sites for hydroxylation is 4. The van der Waals surface area contributed by atoms with Crippen LogP contribution >= 0.6 is 0 Å². The Morgan fingerprint density at radius 3 is 1.45 bits per heavy atom. The molecule has 262 valence electrons. The average molecular weight is 701 g/mol. The summed E-state index contributed by atoms with van der Waals surface area (Å²) < 4.78 is 47.4. The van der Waals surface area contributed by atoms with Crippen molar-refractivity contribution in [3.05, 3.63) is 99.6 Å². The molecule has 0 fully saturated rings. The van der Waals surface area contributed by atoms with Crippen LogP contribution in [0.5, 0.6) is 5.75 Å². The van der Waals surface area contributed by atoms with E-state index in [0.29, 0.717) is 33.6 Å². The third kappa shape index (κ3) is 8.00. The number of ether oxygens (including phenoxy) is 1. The molecule has 0 saturated heterocycles. The summed E-state index contributed by atoms with van der Waals surface area (Å²) in [5.41, 5.74) is 6.54. The van der Waals surface area contributed by atoms with E-state index in [1.165, 1.54) is 0 Å².